The molecule has 1 saturated heterocycles. The SMILES string of the molecule is C=CCc1cc(/C=C2/NC(=O)N(CC(=O)Nc3ccc(C)cc3)C2=O)cc(OC)c1OCC(=O)OC. The molecule has 10 nitrogen and oxygen atoms in total. The lowest BCUT2D eigenvalue weighted by Gasteiger charge is -2.15. The summed E-state index contributed by atoms with van der Waals surface area (Å²) in [4.78, 5) is 50.0. The maximum atomic E-state index is 12.9. The number of methoxy groups -OCH3 is 2. The minimum Gasteiger partial charge on any atom is -0.493 e. The van der Waals surface area contributed by atoms with E-state index >= 15 is 0 Å². The van der Waals surface area contributed by atoms with Crippen LogP contribution in [0, 0.1) is 6.92 Å². The van der Waals surface area contributed by atoms with E-state index in [-0.39, 0.29) is 12.3 Å². The molecule has 188 valence electrons. The molecule has 2 N–H and O–H groups in total. The van der Waals surface area contributed by atoms with Gasteiger partial charge in [-0.05, 0) is 49.2 Å². The van der Waals surface area contributed by atoms with Crippen molar-refractivity contribution in [1.29, 1.82) is 0 Å². The predicted octanol–water partition coefficient (Wildman–Crippen LogP) is 2.82. The summed E-state index contributed by atoms with van der Waals surface area (Å²) >= 11 is 0. The average Bonchev–Trinajstić information content (AvgIpc) is 3.11. The lowest BCUT2D eigenvalue weighted by molar-refractivity contribution is -0.143. The number of allylic oxidation sites excluding steroid dienone is 1. The van der Waals surface area contributed by atoms with E-state index in [2.05, 4.69) is 21.9 Å². The fraction of sp³-hybridized carbons (Fsp3) is 0.231. The van der Waals surface area contributed by atoms with Gasteiger partial charge in [-0.25, -0.2) is 14.5 Å². The molecule has 1 aliphatic rings. The molecule has 0 spiro atoms. The standard InChI is InChI=1S/C26H27N3O7/c1-5-6-18-11-17(13-21(34-3)24(18)36-15-23(31)35-4)12-20-25(32)29(26(33)28-20)14-22(30)27-19-9-7-16(2)8-10-19/h5,7-13H,1,6,14-15H2,2-4H3,(H,27,30)(H,28,33)/b20-12+. The van der Waals surface area contributed by atoms with Gasteiger partial charge in [-0.1, -0.05) is 23.8 Å². The average molecular weight is 494 g/mol. The summed E-state index contributed by atoms with van der Waals surface area (Å²) in [6.07, 6.45) is 3.50. The van der Waals surface area contributed by atoms with Crippen LogP contribution in [0.2, 0.25) is 0 Å². The number of imide groups is 1. The Hall–Kier alpha value is -4.60. The highest BCUT2D eigenvalue weighted by atomic mass is 16.6. The molecule has 0 atom stereocenters. The first-order valence-electron chi connectivity index (χ1n) is 11.0. The Morgan fingerprint density at radius 2 is 1.86 bits per heavy atom. The number of rotatable bonds is 10. The second-order valence-electron chi connectivity index (χ2n) is 7.86. The van der Waals surface area contributed by atoms with E-state index < -0.39 is 30.4 Å². The van der Waals surface area contributed by atoms with Crippen molar-refractivity contribution in [3.63, 3.8) is 0 Å². The van der Waals surface area contributed by atoms with Gasteiger partial charge in [-0.3, -0.25) is 9.59 Å². The van der Waals surface area contributed by atoms with Crippen LogP contribution in [0.15, 0.2) is 54.8 Å². The smallest absolute Gasteiger partial charge is 0.343 e. The second-order valence-corrected chi connectivity index (χ2v) is 7.86. The lowest BCUT2D eigenvalue weighted by atomic mass is 10.0. The minimum absolute atomic E-state index is 0.00188. The van der Waals surface area contributed by atoms with Gasteiger partial charge in [-0.15, -0.1) is 6.58 Å². The summed E-state index contributed by atoms with van der Waals surface area (Å²) in [5, 5.41) is 5.16. The number of ether oxygens (including phenoxy) is 3. The minimum atomic E-state index is -0.707. The summed E-state index contributed by atoms with van der Waals surface area (Å²) in [5.74, 6) is -1.06. The Kier molecular flexibility index (Phi) is 8.45. The third-order valence-corrected chi connectivity index (χ3v) is 5.21. The zero-order valence-corrected chi connectivity index (χ0v) is 20.3. The Labute approximate surface area is 208 Å². The topological polar surface area (TPSA) is 123 Å². The van der Waals surface area contributed by atoms with Crippen LogP contribution in [0.1, 0.15) is 16.7 Å². The molecule has 2 aromatic carbocycles. The summed E-state index contributed by atoms with van der Waals surface area (Å²) in [6, 6.07) is 9.75. The number of benzene rings is 2. The van der Waals surface area contributed by atoms with Crippen molar-refractivity contribution in [1.82, 2.24) is 10.2 Å². The summed E-state index contributed by atoms with van der Waals surface area (Å²) in [6.45, 7) is 4.90. The zero-order chi connectivity index (χ0) is 26.2. The molecule has 1 fully saturated rings. The van der Waals surface area contributed by atoms with Gasteiger partial charge >= 0.3 is 12.0 Å². The van der Waals surface area contributed by atoms with Crippen LogP contribution in [0.5, 0.6) is 11.5 Å². The number of amides is 4. The lowest BCUT2D eigenvalue weighted by Crippen LogP contribution is -2.38. The Morgan fingerprint density at radius 3 is 2.50 bits per heavy atom. The van der Waals surface area contributed by atoms with Crippen LogP contribution in [0.25, 0.3) is 6.08 Å². The summed E-state index contributed by atoms with van der Waals surface area (Å²) in [5.41, 5.74) is 2.77. The van der Waals surface area contributed by atoms with Crippen molar-refractivity contribution >= 4 is 35.6 Å². The normalized spacial score (nSPS) is 13.9. The molecule has 0 aliphatic carbocycles. The molecule has 0 aromatic heterocycles. The number of anilines is 1. The maximum absolute atomic E-state index is 12.9. The van der Waals surface area contributed by atoms with Crippen LogP contribution in [-0.2, 0) is 25.5 Å². The van der Waals surface area contributed by atoms with Crippen molar-refractivity contribution in [3.8, 4) is 11.5 Å². The number of carbonyl (C=O) groups is 4. The molecule has 3 rings (SSSR count). The van der Waals surface area contributed by atoms with E-state index in [1.54, 1.807) is 30.3 Å². The Morgan fingerprint density at radius 1 is 1.14 bits per heavy atom. The fourth-order valence-electron chi connectivity index (χ4n) is 3.44. The number of nitrogens with zero attached hydrogens (tertiary/aromatic N) is 1. The zero-order valence-electron chi connectivity index (χ0n) is 20.3. The predicted molar refractivity (Wildman–Crippen MR) is 132 cm³/mol. The molecule has 0 radical (unpaired) electrons. The van der Waals surface area contributed by atoms with Crippen molar-refractivity contribution in [2.75, 3.05) is 32.7 Å². The summed E-state index contributed by atoms with van der Waals surface area (Å²) in [7, 11) is 2.69. The molecule has 1 heterocycles. The second kappa shape index (κ2) is 11.7. The van der Waals surface area contributed by atoms with Gasteiger partial charge < -0.3 is 24.8 Å². The first kappa shape index (κ1) is 26.0. The quantitative estimate of drug-likeness (QED) is 0.226. The highest BCUT2D eigenvalue weighted by Crippen LogP contribution is 2.34. The fourth-order valence-corrected chi connectivity index (χ4v) is 3.44. The van der Waals surface area contributed by atoms with Crippen LogP contribution < -0.4 is 20.1 Å². The Bertz CT molecular complexity index is 1220. The molecule has 0 unspecified atom stereocenters. The van der Waals surface area contributed by atoms with Crippen LogP contribution in [0.3, 0.4) is 0 Å². The van der Waals surface area contributed by atoms with Crippen molar-refractivity contribution in [3.05, 3.63) is 71.4 Å². The molecular weight excluding hydrogens is 466 g/mol. The highest BCUT2D eigenvalue weighted by molar-refractivity contribution is 6.16. The van der Waals surface area contributed by atoms with Crippen LogP contribution in [-0.4, -0.2) is 56.1 Å². The van der Waals surface area contributed by atoms with Gasteiger partial charge in [0.15, 0.2) is 18.1 Å². The van der Waals surface area contributed by atoms with E-state index in [0.29, 0.717) is 34.7 Å². The molecule has 0 bridgehead atoms. The van der Waals surface area contributed by atoms with Crippen LogP contribution >= 0.6 is 0 Å². The molecule has 0 saturated carbocycles. The van der Waals surface area contributed by atoms with Crippen molar-refractivity contribution in [2.45, 2.75) is 13.3 Å². The van der Waals surface area contributed by atoms with E-state index in [9.17, 15) is 19.2 Å². The van der Waals surface area contributed by atoms with E-state index in [1.807, 2.05) is 19.1 Å². The first-order chi connectivity index (χ1) is 17.2. The van der Waals surface area contributed by atoms with Gasteiger partial charge in [0.25, 0.3) is 5.91 Å². The van der Waals surface area contributed by atoms with E-state index in [0.717, 1.165) is 10.5 Å². The monoisotopic (exact) mass is 493 g/mol. The highest BCUT2D eigenvalue weighted by Gasteiger charge is 2.35. The molecular formula is C26H27N3O7. The summed E-state index contributed by atoms with van der Waals surface area (Å²) < 4.78 is 15.6. The molecule has 2 aromatic rings. The van der Waals surface area contributed by atoms with Crippen molar-refractivity contribution < 1.29 is 33.4 Å². The van der Waals surface area contributed by atoms with E-state index in [1.165, 1.54) is 20.3 Å². The van der Waals surface area contributed by atoms with E-state index in [4.69, 9.17) is 9.47 Å². The van der Waals surface area contributed by atoms with Gasteiger partial charge in [0.1, 0.15) is 12.2 Å². The number of esters is 1. The van der Waals surface area contributed by atoms with Crippen molar-refractivity contribution in [2.24, 2.45) is 0 Å². The molecule has 1 aliphatic heterocycles. The number of urea groups is 1. The van der Waals surface area contributed by atoms with Crippen LogP contribution in [0.4, 0.5) is 10.5 Å². The number of hydrogen-bond donors (Lipinski definition) is 2. The van der Waals surface area contributed by atoms with Gasteiger partial charge in [-0.2, -0.15) is 0 Å². The third-order valence-electron chi connectivity index (χ3n) is 5.21. The number of nitrogens with one attached hydrogen (secondary N) is 2. The third kappa shape index (κ3) is 6.29. The van der Waals surface area contributed by atoms with Gasteiger partial charge in [0.2, 0.25) is 5.91 Å². The molecule has 4 amide bonds. The molecule has 10 heteroatoms. The number of carbonyl (C=O) groups excluding carboxylic acids is 4. The largest absolute Gasteiger partial charge is 0.493 e. The van der Waals surface area contributed by atoms with Gasteiger partial charge in [0.05, 0.1) is 14.2 Å². The first-order valence-corrected chi connectivity index (χ1v) is 11.0. The van der Waals surface area contributed by atoms with Gasteiger partial charge in [0, 0.05) is 11.3 Å². The maximum Gasteiger partial charge on any atom is 0.343 e. The number of hydrogen-bond acceptors (Lipinski definition) is 7. The number of aryl methyl sites for hydroxylation is 1. The molecule has 36 heavy (non-hydrogen) atoms. The Balaban J connectivity index is 1.80.